The number of hydrogen-bond acceptors (Lipinski definition) is 10. The minimum Gasteiger partial charge on any atom is -0.478 e. The lowest BCUT2D eigenvalue weighted by Gasteiger charge is -2.77. The molecule has 4 spiro atoms. The van der Waals surface area contributed by atoms with Crippen LogP contribution in [0.25, 0.3) is 6.08 Å². The summed E-state index contributed by atoms with van der Waals surface area (Å²) in [5.41, 5.74) is -2.79. The zero-order valence-corrected chi connectivity index (χ0v) is 48.0. The lowest BCUT2D eigenvalue weighted by Crippen LogP contribution is -2.81. The molecule has 18 aliphatic rings. The number of nitrogens with zero attached hydrogens (tertiary/aromatic N) is 1. The van der Waals surface area contributed by atoms with Gasteiger partial charge in [-0.3, -0.25) is 9.59 Å². The number of aryl methyl sites for hydroxylation is 1. The number of hydrogen-bond donors (Lipinski definition) is 9. The molecule has 0 heterocycles. The Morgan fingerprint density at radius 1 is 0.881 bits per heavy atom. The molecule has 0 radical (unpaired) electrons. The number of allylic oxidation sites excluding steroid dienone is 4. The molecule has 0 amide bonds. The summed E-state index contributed by atoms with van der Waals surface area (Å²) in [6.45, 7) is 5.07. The van der Waals surface area contributed by atoms with Gasteiger partial charge in [-0.25, -0.2) is 9.79 Å². The van der Waals surface area contributed by atoms with Crippen molar-refractivity contribution in [1.82, 2.24) is 0 Å². The van der Waals surface area contributed by atoms with E-state index in [0.29, 0.717) is 48.0 Å². The van der Waals surface area contributed by atoms with Gasteiger partial charge in [0.1, 0.15) is 27.9 Å². The van der Waals surface area contributed by atoms with E-state index in [9.17, 15) is 20.1 Å². The van der Waals surface area contributed by atoms with Crippen LogP contribution in [0.3, 0.4) is 0 Å². The lowest BCUT2D eigenvalue weighted by molar-refractivity contribution is -0.262. The number of Topliss-reactive ketones (excluding diaryl/α,β-unsaturated/α-hetero) is 2. The van der Waals surface area contributed by atoms with Crippen molar-refractivity contribution in [3.8, 4) is 35.5 Å². The third-order valence-corrected chi connectivity index (χ3v) is 27.5. The quantitative estimate of drug-likeness (QED) is 0.0540. The molecular weight excluding hydrogens is 1050 g/mol. The summed E-state index contributed by atoms with van der Waals surface area (Å²) in [6.07, 6.45) is 12.8. The molecule has 0 aliphatic heterocycles. The van der Waals surface area contributed by atoms with Crippen LogP contribution >= 0.6 is 0 Å². The highest BCUT2D eigenvalue weighted by Crippen LogP contribution is 2.95. The Hall–Kier alpha value is -6.08. The van der Waals surface area contributed by atoms with Crippen molar-refractivity contribution >= 4 is 29.6 Å². The minimum absolute atomic E-state index is 0.0220. The molecule has 432 valence electrons. The standard InChI is InChI=1S/C71H73N3O10/c1-37(57(79)80)45-21-27-63(74-59(72)73)28-29-65-49-32-50(76)62(23-8-9-24-62)35-48-53(77)52-55-67(81)34-44-31-40-18-20-47(70(45,83)71(49,63)84)51(40)54(65)69(44,82)68(55)46-14-6-7-22-60(2)56(78)41(15-16-42(46)36-75)33-61(52,3)58(60)64(67,25-10-11-26-66(48,65)68)43-19-17-38-12-4-5-13-39(38)30-43/h4-5,12-13,20,28-30,34,41-42,46,48-50,54,58,75-76,81-84H,8-9,14,17-19,21-27,31-33,35-36H2,1-3H3,(H,79,80)(H4,72,73,74). The maximum Gasteiger partial charge on any atom is 0.331 e. The highest BCUT2D eigenvalue weighted by molar-refractivity contribution is 6.05. The fourth-order valence-electron chi connectivity index (χ4n) is 25.4. The summed E-state index contributed by atoms with van der Waals surface area (Å²) in [6, 6.07) is 8.29. The van der Waals surface area contributed by atoms with Crippen molar-refractivity contribution in [3.63, 3.8) is 0 Å². The summed E-state index contributed by atoms with van der Waals surface area (Å²) in [4.78, 5) is 53.5. The topological polar surface area (TPSA) is 257 Å². The number of nitrogens with two attached hydrogens (primary N) is 2. The molecule has 18 aliphatic carbocycles. The maximum atomic E-state index is 18.4. The fraction of sp³-hybridized carbons (Fsp3) is 0.577. The van der Waals surface area contributed by atoms with Crippen molar-refractivity contribution in [2.45, 2.75) is 164 Å². The second kappa shape index (κ2) is 15.5. The van der Waals surface area contributed by atoms with Crippen molar-refractivity contribution in [3.05, 3.63) is 110 Å². The van der Waals surface area contributed by atoms with Crippen molar-refractivity contribution < 1.29 is 50.1 Å². The zero-order chi connectivity index (χ0) is 58.3. The van der Waals surface area contributed by atoms with Gasteiger partial charge in [0.25, 0.3) is 0 Å². The van der Waals surface area contributed by atoms with Crippen LogP contribution in [0, 0.1) is 115 Å². The third kappa shape index (κ3) is 4.90. The van der Waals surface area contributed by atoms with Crippen LogP contribution in [0.15, 0.2) is 104 Å². The average molecular weight is 1130 g/mol. The number of rotatable bonds is 4. The first-order valence-electron chi connectivity index (χ1n) is 31.1. The van der Waals surface area contributed by atoms with E-state index in [4.69, 9.17) is 16.5 Å². The number of carboxylic acid groups (broad SMARTS) is 1. The predicted molar refractivity (Wildman–Crippen MR) is 309 cm³/mol. The lowest BCUT2D eigenvalue weighted by atomic mass is 9.25. The first-order valence-corrected chi connectivity index (χ1v) is 31.1. The number of aliphatic imine (C=N–C) groups is 1. The smallest absolute Gasteiger partial charge is 0.331 e. The zero-order valence-electron chi connectivity index (χ0n) is 48.0. The number of aliphatic hydroxyl groups is 6. The Labute approximate surface area is 489 Å². The third-order valence-electron chi connectivity index (χ3n) is 27.5. The first kappa shape index (κ1) is 52.3. The van der Waals surface area contributed by atoms with Crippen LogP contribution in [0.1, 0.15) is 135 Å². The molecule has 0 aromatic heterocycles. The van der Waals surface area contributed by atoms with E-state index in [2.05, 4.69) is 66.7 Å². The number of carboxylic acids is 1. The molecule has 1 aromatic carbocycles. The summed E-state index contributed by atoms with van der Waals surface area (Å²) >= 11 is 0. The highest BCUT2D eigenvalue weighted by atomic mass is 16.4. The largest absolute Gasteiger partial charge is 0.478 e. The van der Waals surface area contributed by atoms with E-state index in [1.165, 1.54) is 6.92 Å². The Morgan fingerprint density at radius 3 is 2.40 bits per heavy atom. The molecule has 19 rings (SSSR count). The molecule has 6 saturated carbocycles. The monoisotopic (exact) mass is 1130 g/mol. The number of guanidine groups is 1. The molecule has 13 nitrogen and oxygen atoms in total. The normalized spacial score (nSPS) is 50.0. The molecular formula is C71H73N3O10. The SMILES string of the molecule is CC(C(=O)O)=C1CCC2(N=C(N)N)C=CC34C5C6=C7CC=C6C1(O)C2(O)C3CC(O)C1(CCCC1)CC1C(=O)C2=C3C6(O)C=C(C7)C5(O)C35C3CC#CCC7(C)C(=O)C(C#CC3CO)CC2(C)C7C6(C2=Cc3ccccc3CC2)CC#CCC145. The molecule has 13 bridgehead atoms. The molecule has 84 heavy (non-hydrogen) atoms. The van der Waals surface area contributed by atoms with Crippen LogP contribution in [0.4, 0.5) is 0 Å². The second-order valence-electron chi connectivity index (χ2n) is 29.6. The van der Waals surface area contributed by atoms with Gasteiger partial charge in [-0.15, -0.1) is 23.7 Å². The van der Waals surface area contributed by atoms with Gasteiger partial charge < -0.3 is 47.2 Å². The van der Waals surface area contributed by atoms with E-state index in [1.807, 2.05) is 31.2 Å². The van der Waals surface area contributed by atoms with Crippen LogP contribution in [0.5, 0.6) is 0 Å². The van der Waals surface area contributed by atoms with Crippen molar-refractivity contribution in [2.75, 3.05) is 6.61 Å². The number of fused-ring (bicyclic) bond motifs is 3. The van der Waals surface area contributed by atoms with Gasteiger partial charge in [0.15, 0.2) is 17.5 Å². The number of ketones is 2. The molecule has 1 aromatic rings. The summed E-state index contributed by atoms with van der Waals surface area (Å²) in [5, 5.41) is 101. The van der Waals surface area contributed by atoms with Crippen LogP contribution in [-0.4, -0.2) is 99.9 Å². The first-order chi connectivity index (χ1) is 40.0. The molecule has 0 saturated heterocycles. The minimum atomic E-state index is -2.63. The number of carbonyl (C=O) groups is 3. The van der Waals surface area contributed by atoms with Gasteiger partial charge in [-0.05, 0) is 140 Å². The van der Waals surface area contributed by atoms with E-state index in [0.717, 1.165) is 35.1 Å². The Bertz CT molecular complexity index is 3920. The van der Waals surface area contributed by atoms with Crippen molar-refractivity contribution in [1.29, 1.82) is 0 Å². The summed E-state index contributed by atoms with van der Waals surface area (Å²) < 4.78 is 0. The number of aliphatic hydroxyl groups excluding tert-OH is 2. The molecule has 13 heteroatoms. The molecule has 11 N–H and O–H groups in total. The van der Waals surface area contributed by atoms with Gasteiger partial charge in [-0.1, -0.05) is 98.2 Å². The van der Waals surface area contributed by atoms with Crippen LogP contribution in [0.2, 0.25) is 0 Å². The van der Waals surface area contributed by atoms with Crippen LogP contribution < -0.4 is 11.5 Å². The van der Waals surface area contributed by atoms with E-state index >= 15 is 30.0 Å². The summed E-state index contributed by atoms with van der Waals surface area (Å²) in [7, 11) is 0. The molecule has 19 atom stereocenters. The Kier molecular flexibility index (Phi) is 9.67. The Balaban J connectivity index is 1.16. The highest BCUT2D eigenvalue weighted by Gasteiger charge is 2.97. The van der Waals surface area contributed by atoms with E-state index < -0.39 is 126 Å². The van der Waals surface area contributed by atoms with E-state index in [-0.39, 0.29) is 105 Å². The fourth-order valence-corrected chi connectivity index (χ4v) is 25.4. The van der Waals surface area contributed by atoms with Crippen LogP contribution in [-0.2, 0) is 20.8 Å². The molecule has 19 unspecified atom stereocenters. The maximum absolute atomic E-state index is 18.4. The van der Waals surface area contributed by atoms with Gasteiger partial charge in [-0.2, -0.15) is 0 Å². The molecule has 6 fully saturated rings. The van der Waals surface area contributed by atoms with E-state index in [1.54, 1.807) is 6.08 Å². The number of carbonyl (C=O) groups excluding carboxylic acids is 2. The van der Waals surface area contributed by atoms with Gasteiger partial charge in [0.05, 0.1) is 18.6 Å². The number of aliphatic carboxylic acids is 1. The van der Waals surface area contributed by atoms with Gasteiger partial charge in [0.2, 0.25) is 0 Å². The average Bonchev–Trinajstić information content (AvgIpc) is 1.35. The summed E-state index contributed by atoms with van der Waals surface area (Å²) in [5.74, 6) is 12.7. The van der Waals surface area contributed by atoms with Gasteiger partial charge in [0, 0.05) is 93.0 Å². The Morgan fingerprint density at radius 2 is 1.64 bits per heavy atom. The van der Waals surface area contributed by atoms with Gasteiger partial charge >= 0.3 is 5.97 Å². The number of benzene rings is 1. The van der Waals surface area contributed by atoms with Crippen molar-refractivity contribution in [2.24, 2.45) is 95.8 Å². The second-order valence-corrected chi connectivity index (χ2v) is 29.6. The predicted octanol–water partition coefficient (Wildman–Crippen LogP) is 6.17.